The Morgan fingerprint density at radius 1 is 1.56 bits per heavy atom. The van der Waals surface area contributed by atoms with Crippen molar-refractivity contribution in [2.45, 2.75) is 26.8 Å². The number of amides is 1. The van der Waals surface area contributed by atoms with E-state index in [2.05, 4.69) is 5.10 Å². The molecule has 0 aliphatic heterocycles. The topological polar surface area (TPSA) is 87.2 Å². The Kier molecular flexibility index (Phi) is 4.04. The van der Waals surface area contributed by atoms with Crippen LogP contribution in [0.15, 0.2) is 6.07 Å². The van der Waals surface area contributed by atoms with Crippen molar-refractivity contribution in [2.24, 2.45) is 5.73 Å². The van der Waals surface area contributed by atoms with Crippen molar-refractivity contribution in [3.63, 3.8) is 0 Å². The largest absolute Gasteiger partial charge is 0.461 e. The molecule has 1 amide bonds. The van der Waals surface area contributed by atoms with E-state index < -0.39 is 11.9 Å². The maximum Gasteiger partial charge on any atom is 0.356 e. The predicted molar refractivity (Wildman–Crippen MR) is 56.7 cm³/mol. The Labute approximate surface area is 93.4 Å². The van der Waals surface area contributed by atoms with Gasteiger partial charge in [0.15, 0.2) is 0 Å². The van der Waals surface area contributed by atoms with E-state index in [-0.39, 0.29) is 13.0 Å². The maximum atomic E-state index is 11.5. The number of hydrogen-bond acceptors (Lipinski definition) is 4. The fourth-order valence-corrected chi connectivity index (χ4v) is 1.30. The van der Waals surface area contributed by atoms with Gasteiger partial charge in [0, 0.05) is 6.42 Å². The molecular formula is C10H15N3O3. The summed E-state index contributed by atoms with van der Waals surface area (Å²) in [4.78, 5) is 22.2. The number of rotatable bonds is 5. The molecular weight excluding hydrogens is 210 g/mol. The summed E-state index contributed by atoms with van der Waals surface area (Å²) in [6.07, 6.45) is 0.146. The van der Waals surface area contributed by atoms with E-state index in [0.29, 0.717) is 18.0 Å². The van der Waals surface area contributed by atoms with Gasteiger partial charge in [-0.3, -0.25) is 9.48 Å². The van der Waals surface area contributed by atoms with Gasteiger partial charge in [0.2, 0.25) is 5.91 Å². The lowest BCUT2D eigenvalue weighted by atomic mass is 10.3. The number of aromatic nitrogens is 2. The van der Waals surface area contributed by atoms with Crippen molar-refractivity contribution in [3.8, 4) is 0 Å². The van der Waals surface area contributed by atoms with E-state index >= 15 is 0 Å². The van der Waals surface area contributed by atoms with Gasteiger partial charge < -0.3 is 10.5 Å². The molecule has 0 aliphatic carbocycles. The van der Waals surface area contributed by atoms with Gasteiger partial charge in [0.1, 0.15) is 5.69 Å². The van der Waals surface area contributed by atoms with Gasteiger partial charge in [-0.2, -0.15) is 5.10 Å². The van der Waals surface area contributed by atoms with Crippen LogP contribution in [0.3, 0.4) is 0 Å². The summed E-state index contributed by atoms with van der Waals surface area (Å²) in [7, 11) is 0. The number of primary amides is 1. The van der Waals surface area contributed by atoms with Crippen molar-refractivity contribution in [1.29, 1.82) is 0 Å². The summed E-state index contributed by atoms with van der Waals surface area (Å²) in [5.74, 6) is -0.865. The van der Waals surface area contributed by atoms with Crippen LogP contribution in [-0.2, 0) is 16.1 Å². The molecule has 16 heavy (non-hydrogen) atoms. The highest BCUT2D eigenvalue weighted by molar-refractivity contribution is 5.87. The third-order valence-electron chi connectivity index (χ3n) is 1.96. The zero-order valence-electron chi connectivity index (χ0n) is 9.40. The molecule has 0 saturated heterocycles. The molecule has 0 bridgehead atoms. The first-order valence-corrected chi connectivity index (χ1v) is 5.04. The van der Waals surface area contributed by atoms with E-state index in [1.165, 1.54) is 4.68 Å². The van der Waals surface area contributed by atoms with E-state index in [4.69, 9.17) is 10.5 Å². The van der Waals surface area contributed by atoms with Crippen molar-refractivity contribution in [1.82, 2.24) is 9.78 Å². The van der Waals surface area contributed by atoms with E-state index in [1.54, 1.807) is 19.9 Å². The van der Waals surface area contributed by atoms with Crippen LogP contribution >= 0.6 is 0 Å². The van der Waals surface area contributed by atoms with Crippen molar-refractivity contribution >= 4 is 11.9 Å². The third kappa shape index (κ3) is 3.08. The van der Waals surface area contributed by atoms with Crippen LogP contribution in [0.5, 0.6) is 0 Å². The molecule has 0 saturated carbocycles. The molecule has 0 radical (unpaired) electrons. The third-order valence-corrected chi connectivity index (χ3v) is 1.96. The number of hydrogen-bond donors (Lipinski definition) is 1. The number of nitrogens with zero attached hydrogens (tertiary/aromatic N) is 2. The van der Waals surface area contributed by atoms with Crippen LogP contribution in [0, 0.1) is 6.92 Å². The highest BCUT2D eigenvalue weighted by Gasteiger charge is 2.15. The second-order valence-corrected chi connectivity index (χ2v) is 3.33. The lowest BCUT2D eigenvalue weighted by molar-refractivity contribution is -0.118. The van der Waals surface area contributed by atoms with Crippen LogP contribution in [0.2, 0.25) is 0 Å². The van der Waals surface area contributed by atoms with E-state index in [1.807, 2.05) is 0 Å². The van der Waals surface area contributed by atoms with Gasteiger partial charge in [-0.1, -0.05) is 0 Å². The minimum Gasteiger partial charge on any atom is -0.461 e. The quantitative estimate of drug-likeness (QED) is 0.727. The summed E-state index contributed by atoms with van der Waals surface area (Å²) in [6.45, 7) is 4.09. The van der Waals surface area contributed by atoms with Gasteiger partial charge in [-0.25, -0.2) is 4.79 Å². The fourth-order valence-electron chi connectivity index (χ4n) is 1.30. The second-order valence-electron chi connectivity index (χ2n) is 3.33. The molecule has 0 atom stereocenters. The maximum absolute atomic E-state index is 11.5. The molecule has 0 aliphatic rings. The Bertz CT molecular complexity index is 398. The molecule has 6 nitrogen and oxygen atoms in total. The number of carbonyl (C=O) groups excluding carboxylic acids is 2. The number of carbonyl (C=O) groups is 2. The number of aryl methyl sites for hydroxylation is 2. The standard InChI is InChI=1S/C10H15N3O3/c1-3-16-10(15)8-6-7(2)12-13(8)5-4-9(11)14/h6H,3-5H2,1-2H3,(H2,11,14). The average molecular weight is 225 g/mol. The molecule has 1 aromatic heterocycles. The van der Waals surface area contributed by atoms with Crippen LogP contribution < -0.4 is 5.73 Å². The minimum absolute atomic E-state index is 0.146. The summed E-state index contributed by atoms with van der Waals surface area (Å²) in [6, 6.07) is 1.62. The Morgan fingerprint density at radius 3 is 2.81 bits per heavy atom. The first-order valence-electron chi connectivity index (χ1n) is 5.04. The van der Waals surface area contributed by atoms with E-state index in [0.717, 1.165) is 0 Å². The molecule has 0 spiro atoms. The molecule has 2 N–H and O–H groups in total. The lowest BCUT2D eigenvalue weighted by Gasteiger charge is -2.05. The Morgan fingerprint density at radius 2 is 2.25 bits per heavy atom. The van der Waals surface area contributed by atoms with Gasteiger partial charge in [-0.05, 0) is 19.9 Å². The molecule has 1 aromatic rings. The number of ether oxygens (including phenoxy) is 1. The molecule has 0 unspecified atom stereocenters. The average Bonchev–Trinajstić information content (AvgIpc) is 2.57. The molecule has 0 aromatic carbocycles. The molecule has 1 rings (SSSR count). The summed E-state index contributed by atoms with van der Waals surface area (Å²) in [5.41, 5.74) is 6.08. The number of nitrogens with two attached hydrogens (primary N) is 1. The zero-order chi connectivity index (χ0) is 12.1. The molecule has 88 valence electrons. The van der Waals surface area contributed by atoms with E-state index in [9.17, 15) is 9.59 Å². The van der Waals surface area contributed by atoms with Gasteiger partial charge in [-0.15, -0.1) is 0 Å². The van der Waals surface area contributed by atoms with Crippen LogP contribution in [0.25, 0.3) is 0 Å². The first-order chi connectivity index (χ1) is 7.54. The fraction of sp³-hybridized carbons (Fsp3) is 0.500. The lowest BCUT2D eigenvalue weighted by Crippen LogP contribution is -2.18. The molecule has 0 fully saturated rings. The van der Waals surface area contributed by atoms with Gasteiger partial charge >= 0.3 is 5.97 Å². The second kappa shape index (κ2) is 5.29. The zero-order valence-corrected chi connectivity index (χ0v) is 9.40. The van der Waals surface area contributed by atoms with Crippen molar-refractivity contribution in [2.75, 3.05) is 6.61 Å². The smallest absolute Gasteiger partial charge is 0.356 e. The normalized spacial score (nSPS) is 10.1. The predicted octanol–water partition coefficient (Wildman–Crippen LogP) is 0.244. The first kappa shape index (κ1) is 12.2. The Hall–Kier alpha value is -1.85. The Balaban J connectivity index is 2.82. The summed E-state index contributed by atoms with van der Waals surface area (Å²) >= 11 is 0. The molecule has 1 heterocycles. The summed E-state index contributed by atoms with van der Waals surface area (Å²) in [5, 5.41) is 4.09. The van der Waals surface area contributed by atoms with Gasteiger partial charge in [0.05, 0.1) is 18.8 Å². The summed E-state index contributed by atoms with van der Waals surface area (Å²) < 4.78 is 6.32. The van der Waals surface area contributed by atoms with Crippen LogP contribution in [0.4, 0.5) is 0 Å². The van der Waals surface area contributed by atoms with Crippen molar-refractivity contribution in [3.05, 3.63) is 17.5 Å². The monoisotopic (exact) mass is 225 g/mol. The van der Waals surface area contributed by atoms with Crippen molar-refractivity contribution < 1.29 is 14.3 Å². The van der Waals surface area contributed by atoms with Crippen LogP contribution in [0.1, 0.15) is 29.5 Å². The highest BCUT2D eigenvalue weighted by Crippen LogP contribution is 2.06. The van der Waals surface area contributed by atoms with Gasteiger partial charge in [0.25, 0.3) is 0 Å². The SMILES string of the molecule is CCOC(=O)c1cc(C)nn1CCC(N)=O. The highest BCUT2D eigenvalue weighted by atomic mass is 16.5. The number of esters is 1. The minimum atomic E-state index is -0.437. The molecule has 6 heteroatoms. The van der Waals surface area contributed by atoms with Crippen LogP contribution in [-0.4, -0.2) is 28.3 Å².